The second-order valence-corrected chi connectivity index (χ2v) is 2.24. The minimum absolute atomic E-state index is 1.00. The van der Waals surface area contributed by atoms with Crippen LogP contribution in [0.4, 0.5) is 0 Å². The normalized spacial score (nSPS) is 24.0. The van der Waals surface area contributed by atoms with Gasteiger partial charge in [-0.2, -0.15) is 0 Å². The molecule has 1 saturated heterocycles. The summed E-state index contributed by atoms with van der Waals surface area (Å²) in [5.41, 5.74) is 0. The fourth-order valence-electron chi connectivity index (χ4n) is 0.942. The lowest BCUT2D eigenvalue weighted by atomic mass is 10.2. The van der Waals surface area contributed by atoms with Gasteiger partial charge in [-0.05, 0) is 25.9 Å². The first-order valence-corrected chi connectivity index (χ1v) is 3.41. The predicted molar refractivity (Wildman–Crippen MR) is 34.7 cm³/mol. The highest BCUT2D eigenvalue weighted by atomic mass is 15.1. The SMILES string of the molecule is C1CCNCNCC1. The van der Waals surface area contributed by atoms with Crippen LogP contribution in [-0.2, 0) is 0 Å². The number of rotatable bonds is 0. The summed E-state index contributed by atoms with van der Waals surface area (Å²) < 4.78 is 0. The molecular weight excluding hydrogens is 100 g/mol. The molecule has 1 rings (SSSR count). The first-order valence-electron chi connectivity index (χ1n) is 3.41. The molecule has 0 amide bonds. The van der Waals surface area contributed by atoms with E-state index in [2.05, 4.69) is 10.6 Å². The van der Waals surface area contributed by atoms with Crippen LogP contribution < -0.4 is 10.6 Å². The molecule has 0 bridgehead atoms. The van der Waals surface area contributed by atoms with Crippen molar-refractivity contribution in [3.8, 4) is 0 Å². The Morgan fingerprint density at radius 1 is 0.750 bits per heavy atom. The molecule has 1 aliphatic rings. The Kier molecular flexibility index (Phi) is 2.92. The molecule has 2 nitrogen and oxygen atoms in total. The van der Waals surface area contributed by atoms with Crippen LogP contribution in [0.2, 0.25) is 0 Å². The molecular formula is C6H14N2. The first-order chi connectivity index (χ1) is 4.00. The molecule has 8 heavy (non-hydrogen) atoms. The van der Waals surface area contributed by atoms with Gasteiger partial charge in [0.1, 0.15) is 0 Å². The quantitative estimate of drug-likeness (QED) is 0.473. The van der Waals surface area contributed by atoms with Crippen LogP contribution in [-0.4, -0.2) is 19.8 Å². The van der Waals surface area contributed by atoms with Gasteiger partial charge in [0.05, 0.1) is 0 Å². The van der Waals surface area contributed by atoms with Crippen LogP contribution in [0.25, 0.3) is 0 Å². The second kappa shape index (κ2) is 3.87. The smallest absolute Gasteiger partial charge is 0.0454 e. The molecule has 0 saturated carbocycles. The van der Waals surface area contributed by atoms with E-state index in [1.165, 1.54) is 32.4 Å². The molecule has 2 N–H and O–H groups in total. The Labute approximate surface area is 50.7 Å². The van der Waals surface area contributed by atoms with Gasteiger partial charge in [-0.15, -0.1) is 0 Å². The topological polar surface area (TPSA) is 24.1 Å². The van der Waals surface area contributed by atoms with Crippen LogP contribution >= 0.6 is 0 Å². The Balaban J connectivity index is 2.00. The molecule has 1 heterocycles. The summed E-state index contributed by atoms with van der Waals surface area (Å²) >= 11 is 0. The summed E-state index contributed by atoms with van der Waals surface area (Å²) in [6, 6.07) is 0. The van der Waals surface area contributed by atoms with E-state index in [9.17, 15) is 0 Å². The standard InChI is InChI=1S/C6H14N2/c1-2-4-7-6-8-5-3-1/h7-8H,1-6H2. The Morgan fingerprint density at radius 3 is 2.00 bits per heavy atom. The van der Waals surface area contributed by atoms with Crippen LogP contribution in [0.3, 0.4) is 0 Å². The molecule has 0 aliphatic carbocycles. The van der Waals surface area contributed by atoms with Crippen LogP contribution in [0, 0.1) is 0 Å². The van der Waals surface area contributed by atoms with Crippen molar-refractivity contribution in [2.24, 2.45) is 0 Å². The van der Waals surface area contributed by atoms with Gasteiger partial charge in [-0.25, -0.2) is 0 Å². The van der Waals surface area contributed by atoms with Gasteiger partial charge in [0.25, 0.3) is 0 Å². The average Bonchev–Trinajstić information content (AvgIpc) is 1.62. The lowest BCUT2D eigenvalue weighted by Gasteiger charge is -2.10. The van der Waals surface area contributed by atoms with Crippen molar-refractivity contribution in [3.05, 3.63) is 0 Å². The van der Waals surface area contributed by atoms with Crippen molar-refractivity contribution in [2.75, 3.05) is 19.8 Å². The maximum absolute atomic E-state index is 3.28. The average molecular weight is 114 g/mol. The van der Waals surface area contributed by atoms with Crippen molar-refractivity contribution < 1.29 is 0 Å². The van der Waals surface area contributed by atoms with Crippen molar-refractivity contribution >= 4 is 0 Å². The third kappa shape index (κ3) is 2.28. The summed E-state index contributed by atoms with van der Waals surface area (Å²) in [7, 11) is 0. The molecule has 1 fully saturated rings. The van der Waals surface area contributed by atoms with E-state index in [0.29, 0.717) is 0 Å². The Morgan fingerprint density at radius 2 is 1.38 bits per heavy atom. The van der Waals surface area contributed by atoms with Gasteiger partial charge in [0.2, 0.25) is 0 Å². The van der Waals surface area contributed by atoms with Gasteiger partial charge in [0.15, 0.2) is 0 Å². The molecule has 0 atom stereocenters. The molecule has 1 aliphatic heterocycles. The van der Waals surface area contributed by atoms with E-state index in [1.807, 2.05) is 0 Å². The molecule has 0 spiro atoms. The number of nitrogens with one attached hydrogen (secondary N) is 2. The van der Waals surface area contributed by atoms with Crippen molar-refractivity contribution in [1.82, 2.24) is 10.6 Å². The number of hydrogen-bond donors (Lipinski definition) is 2. The Hall–Kier alpha value is -0.0800. The van der Waals surface area contributed by atoms with Crippen LogP contribution in [0.15, 0.2) is 0 Å². The maximum Gasteiger partial charge on any atom is 0.0454 e. The zero-order chi connectivity index (χ0) is 5.66. The summed E-state index contributed by atoms with van der Waals surface area (Å²) in [5, 5.41) is 6.55. The zero-order valence-corrected chi connectivity index (χ0v) is 5.24. The third-order valence-corrected chi connectivity index (χ3v) is 1.46. The van der Waals surface area contributed by atoms with Crippen molar-refractivity contribution in [2.45, 2.75) is 19.3 Å². The lowest BCUT2D eigenvalue weighted by molar-refractivity contribution is 0.498. The molecule has 48 valence electrons. The third-order valence-electron chi connectivity index (χ3n) is 1.46. The van der Waals surface area contributed by atoms with E-state index < -0.39 is 0 Å². The summed E-state index contributed by atoms with van der Waals surface area (Å²) in [4.78, 5) is 0. The lowest BCUT2D eigenvalue weighted by Crippen LogP contribution is -2.32. The molecule has 0 aromatic carbocycles. The summed E-state index contributed by atoms with van der Waals surface area (Å²) in [6.07, 6.45) is 4.07. The van der Waals surface area contributed by atoms with Gasteiger partial charge < -0.3 is 10.6 Å². The highest BCUT2D eigenvalue weighted by molar-refractivity contribution is 4.53. The molecule has 0 unspecified atom stereocenters. The van der Waals surface area contributed by atoms with E-state index in [1.54, 1.807) is 0 Å². The second-order valence-electron chi connectivity index (χ2n) is 2.24. The largest absolute Gasteiger partial charge is 0.304 e. The van der Waals surface area contributed by atoms with Crippen molar-refractivity contribution in [3.63, 3.8) is 0 Å². The summed E-state index contributed by atoms with van der Waals surface area (Å²) in [6.45, 7) is 3.38. The maximum atomic E-state index is 3.28. The first kappa shape index (κ1) is 6.05. The molecule has 2 heteroatoms. The van der Waals surface area contributed by atoms with E-state index >= 15 is 0 Å². The highest BCUT2D eigenvalue weighted by Gasteiger charge is 1.92. The van der Waals surface area contributed by atoms with Crippen LogP contribution in [0.1, 0.15) is 19.3 Å². The van der Waals surface area contributed by atoms with Gasteiger partial charge in [0, 0.05) is 6.67 Å². The van der Waals surface area contributed by atoms with E-state index in [0.717, 1.165) is 6.67 Å². The highest BCUT2D eigenvalue weighted by Crippen LogP contribution is 1.93. The van der Waals surface area contributed by atoms with Crippen LogP contribution in [0.5, 0.6) is 0 Å². The predicted octanol–water partition coefficient (Wildman–Crippen LogP) is 0.307. The minimum atomic E-state index is 1.00. The fourth-order valence-corrected chi connectivity index (χ4v) is 0.942. The van der Waals surface area contributed by atoms with E-state index in [4.69, 9.17) is 0 Å². The Bertz CT molecular complexity index is 30.5. The molecule has 0 aromatic heterocycles. The number of hydrogen-bond acceptors (Lipinski definition) is 2. The monoisotopic (exact) mass is 114 g/mol. The molecule has 0 aromatic rings. The summed E-state index contributed by atoms with van der Waals surface area (Å²) in [5.74, 6) is 0. The van der Waals surface area contributed by atoms with Crippen molar-refractivity contribution in [1.29, 1.82) is 0 Å². The van der Waals surface area contributed by atoms with Gasteiger partial charge in [-0.1, -0.05) is 6.42 Å². The van der Waals surface area contributed by atoms with Gasteiger partial charge in [-0.3, -0.25) is 0 Å². The van der Waals surface area contributed by atoms with E-state index in [-0.39, 0.29) is 0 Å². The zero-order valence-electron chi connectivity index (χ0n) is 5.24. The van der Waals surface area contributed by atoms with Gasteiger partial charge >= 0.3 is 0 Å². The fraction of sp³-hybridized carbons (Fsp3) is 1.00. The minimum Gasteiger partial charge on any atom is -0.304 e. The molecule has 0 radical (unpaired) electrons.